The molecule has 0 saturated heterocycles. The van der Waals surface area contributed by atoms with Crippen LogP contribution in [0.1, 0.15) is 29.8 Å². The number of anilines is 2. The SMILES string of the molecule is C1=CCCC(n2c(C3=NC4=NC(c5cc6ccccc6n5-c5ccccc5)=NC5=NC(C6Cc7ccccc7N6c6ccccc6)=NC(=N3)N45)cc3ccccc32)=C1. The molecule has 0 N–H and O–H groups in total. The van der Waals surface area contributed by atoms with E-state index in [2.05, 4.69) is 154 Å². The van der Waals surface area contributed by atoms with Gasteiger partial charge >= 0.3 is 0 Å². The molecule has 1 aliphatic carbocycles. The van der Waals surface area contributed by atoms with Crippen LogP contribution >= 0.6 is 0 Å². The zero-order valence-electron chi connectivity index (χ0n) is 31.3. The zero-order chi connectivity index (χ0) is 38.2. The normalized spacial score (nSPS) is 18.2. The van der Waals surface area contributed by atoms with Gasteiger partial charge in [0.25, 0.3) is 0 Å². The van der Waals surface area contributed by atoms with E-state index in [9.17, 15) is 0 Å². The molecule has 58 heavy (non-hydrogen) atoms. The summed E-state index contributed by atoms with van der Waals surface area (Å²) < 4.78 is 4.50. The number of guanidine groups is 3. The highest BCUT2D eigenvalue weighted by atomic mass is 15.5. The molecule has 0 saturated carbocycles. The molecular weight excluding hydrogens is 717 g/mol. The Morgan fingerprint density at radius 3 is 1.81 bits per heavy atom. The van der Waals surface area contributed by atoms with Crippen LogP contribution in [-0.4, -0.2) is 55.5 Å². The minimum atomic E-state index is -0.207. The highest BCUT2D eigenvalue weighted by Crippen LogP contribution is 2.40. The fraction of sp³-hybridized carbons (Fsp3) is 0.0833. The maximum absolute atomic E-state index is 5.29. The summed E-state index contributed by atoms with van der Waals surface area (Å²) in [5, 5.41) is 2.19. The average Bonchev–Trinajstić information content (AvgIpc) is 3.99. The lowest BCUT2D eigenvalue weighted by Crippen LogP contribution is -2.50. The van der Waals surface area contributed by atoms with Crippen LogP contribution in [0.15, 0.2) is 194 Å². The Morgan fingerprint density at radius 2 is 1.10 bits per heavy atom. The van der Waals surface area contributed by atoms with Gasteiger partial charge in [-0.05, 0) is 79.1 Å². The smallest absolute Gasteiger partial charge is 0.243 e. The first-order chi connectivity index (χ1) is 28.7. The molecule has 10 nitrogen and oxygen atoms in total. The average molecular weight is 751 g/mol. The summed E-state index contributed by atoms with van der Waals surface area (Å²) in [6.45, 7) is 0. The van der Waals surface area contributed by atoms with Crippen molar-refractivity contribution in [3.8, 4) is 5.69 Å². The number of nitrogens with zero attached hydrogens (tertiary/aromatic N) is 10. The van der Waals surface area contributed by atoms with Gasteiger partial charge in [0.1, 0.15) is 0 Å². The van der Waals surface area contributed by atoms with Crippen molar-refractivity contribution in [2.24, 2.45) is 30.0 Å². The summed E-state index contributed by atoms with van der Waals surface area (Å²) in [6, 6.07) is 50.3. The van der Waals surface area contributed by atoms with Crippen molar-refractivity contribution in [2.45, 2.75) is 25.3 Å². The van der Waals surface area contributed by atoms with Crippen LogP contribution < -0.4 is 4.90 Å². The number of allylic oxidation sites excluding steroid dienone is 4. The number of aromatic nitrogens is 2. The molecule has 2 aromatic heterocycles. The minimum absolute atomic E-state index is 0.207. The van der Waals surface area contributed by atoms with Crippen molar-refractivity contribution in [3.63, 3.8) is 0 Å². The molecule has 6 heterocycles. The standard InChI is InChI=1S/C48H34N10/c1-4-19-34(20-5-1)55-37-25-13-10-16-31(37)28-40(55)43-49-46-51-44(41-29-32-17-11-14-26-38(32)56(41)35-21-6-2-7-22-35)53-48-54-45(52-47(50-43)58(46)48)42-30-33-18-12-15-27-39(33)57(42)36-23-8-3-9-24-36/h1-8,10-23,25-28,30,41H,9,24,29H2. The van der Waals surface area contributed by atoms with Crippen LogP contribution in [0.2, 0.25) is 0 Å². The van der Waals surface area contributed by atoms with E-state index in [0.29, 0.717) is 35.4 Å². The molecule has 0 amide bonds. The maximum Gasteiger partial charge on any atom is 0.243 e. The number of hydrogen-bond donors (Lipinski definition) is 0. The van der Waals surface area contributed by atoms with Crippen LogP contribution in [-0.2, 0) is 6.42 Å². The number of aliphatic imine (C=N–C) groups is 6. The third kappa shape index (κ3) is 5.11. The van der Waals surface area contributed by atoms with E-state index in [1.807, 2.05) is 24.3 Å². The van der Waals surface area contributed by atoms with Crippen LogP contribution in [0.25, 0.3) is 33.2 Å². The Hall–Kier alpha value is -7.72. The van der Waals surface area contributed by atoms with E-state index in [-0.39, 0.29) is 6.04 Å². The molecule has 0 bridgehead atoms. The molecule has 5 aromatic carbocycles. The maximum atomic E-state index is 5.29. The quantitative estimate of drug-likeness (QED) is 0.170. The predicted octanol–water partition coefficient (Wildman–Crippen LogP) is 9.54. The first-order valence-corrected chi connectivity index (χ1v) is 19.6. The molecule has 1 unspecified atom stereocenters. The van der Waals surface area contributed by atoms with Crippen LogP contribution in [0.4, 0.5) is 11.4 Å². The topological polar surface area (TPSA) is 90.5 Å². The molecule has 4 aliphatic heterocycles. The van der Waals surface area contributed by atoms with Crippen molar-refractivity contribution in [1.82, 2.24) is 14.0 Å². The van der Waals surface area contributed by atoms with Crippen molar-refractivity contribution in [2.75, 3.05) is 4.90 Å². The molecular formula is C48H34N10. The molecule has 7 aromatic rings. The number of fused-ring (bicyclic) bond motifs is 3. The Balaban J connectivity index is 1.09. The molecule has 12 rings (SSSR count). The highest BCUT2D eigenvalue weighted by molar-refractivity contribution is 6.34. The Bertz CT molecular complexity index is 3100. The lowest BCUT2D eigenvalue weighted by molar-refractivity contribution is 0.801. The van der Waals surface area contributed by atoms with Gasteiger partial charge in [0.15, 0.2) is 17.5 Å². The van der Waals surface area contributed by atoms with Gasteiger partial charge in [0, 0.05) is 40.0 Å². The molecule has 10 heteroatoms. The van der Waals surface area contributed by atoms with Crippen molar-refractivity contribution in [1.29, 1.82) is 0 Å². The first kappa shape index (κ1) is 32.5. The monoisotopic (exact) mass is 750 g/mol. The summed E-state index contributed by atoms with van der Waals surface area (Å²) >= 11 is 0. The van der Waals surface area contributed by atoms with Crippen LogP contribution in [0, 0.1) is 0 Å². The second-order valence-electron chi connectivity index (χ2n) is 14.8. The van der Waals surface area contributed by atoms with Crippen molar-refractivity contribution in [3.05, 3.63) is 181 Å². The van der Waals surface area contributed by atoms with Crippen molar-refractivity contribution < 1.29 is 0 Å². The largest absolute Gasteiger partial charge is 0.330 e. The van der Waals surface area contributed by atoms with Gasteiger partial charge in [0.05, 0.1) is 28.5 Å². The van der Waals surface area contributed by atoms with Gasteiger partial charge in [-0.3, -0.25) is 0 Å². The number of para-hydroxylation sites is 5. The van der Waals surface area contributed by atoms with Gasteiger partial charge in [-0.1, -0.05) is 103 Å². The lowest BCUT2D eigenvalue weighted by Gasteiger charge is -2.33. The minimum Gasteiger partial charge on any atom is -0.330 e. The third-order valence-corrected chi connectivity index (χ3v) is 11.3. The fourth-order valence-electron chi connectivity index (χ4n) is 8.76. The fourth-order valence-corrected chi connectivity index (χ4v) is 8.76. The second kappa shape index (κ2) is 12.9. The molecule has 5 aliphatic rings. The zero-order valence-corrected chi connectivity index (χ0v) is 31.3. The summed E-state index contributed by atoms with van der Waals surface area (Å²) in [5.74, 6) is 2.95. The van der Waals surface area contributed by atoms with Gasteiger partial charge < -0.3 is 14.0 Å². The Morgan fingerprint density at radius 1 is 0.517 bits per heavy atom. The van der Waals surface area contributed by atoms with Gasteiger partial charge in [0.2, 0.25) is 17.9 Å². The van der Waals surface area contributed by atoms with E-state index >= 15 is 0 Å². The Kier molecular flexibility index (Phi) is 7.24. The highest BCUT2D eigenvalue weighted by Gasteiger charge is 2.41. The number of amidine groups is 3. The molecule has 0 spiro atoms. The summed E-state index contributed by atoms with van der Waals surface area (Å²) in [4.78, 5) is 35.7. The number of rotatable bonds is 6. The molecule has 0 radical (unpaired) electrons. The molecule has 1 atom stereocenters. The lowest BCUT2D eigenvalue weighted by atomic mass is 10.1. The molecule has 276 valence electrons. The van der Waals surface area contributed by atoms with E-state index in [1.54, 1.807) is 4.90 Å². The number of hydrogen-bond acceptors (Lipinski definition) is 8. The summed E-state index contributed by atoms with van der Waals surface area (Å²) in [5.41, 5.74) is 9.49. The van der Waals surface area contributed by atoms with E-state index in [4.69, 9.17) is 30.0 Å². The van der Waals surface area contributed by atoms with Gasteiger partial charge in [-0.2, -0.15) is 30.0 Å². The third-order valence-electron chi connectivity index (χ3n) is 11.3. The van der Waals surface area contributed by atoms with Gasteiger partial charge in [-0.25, -0.2) is 4.90 Å². The van der Waals surface area contributed by atoms with Crippen molar-refractivity contribution >= 4 is 74.3 Å². The van der Waals surface area contributed by atoms with Crippen LogP contribution in [0.5, 0.6) is 0 Å². The van der Waals surface area contributed by atoms with E-state index in [1.165, 1.54) is 11.3 Å². The first-order valence-electron chi connectivity index (χ1n) is 19.6. The number of benzene rings is 5. The van der Waals surface area contributed by atoms with E-state index in [0.717, 1.165) is 69.5 Å². The summed E-state index contributed by atoms with van der Waals surface area (Å²) in [6.07, 6.45) is 9.11. The van der Waals surface area contributed by atoms with Gasteiger partial charge in [-0.15, -0.1) is 0 Å². The second-order valence-corrected chi connectivity index (χ2v) is 14.8. The molecule has 0 fully saturated rings. The van der Waals surface area contributed by atoms with Crippen LogP contribution in [0.3, 0.4) is 0 Å². The Labute approximate surface area is 333 Å². The predicted molar refractivity (Wildman–Crippen MR) is 235 cm³/mol. The summed E-state index contributed by atoms with van der Waals surface area (Å²) in [7, 11) is 0. The van der Waals surface area contributed by atoms with E-state index < -0.39 is 0 Å².